The van der Waals surface area contributed by atoms with Gasteiger partial charge < -0.3 is 9.98 Å². The van der Waals surface area contributed by atoms with Gasteiger partial charge in [-0.05, 0) is 32.9 Å². The summed E-state index contributed by atoms with van der Waals surface area (Å²) in [5.74, 6) is 0. The van der Waals surface area contributed by atoms with Crippen LogP contribution in [0.2, 0.25) is 0 Å². The predicted octanol–water partition coefficient (Wildman–Crippen LogP) is 4.13. The monoisotopic (exact) mass is 206 g/mol. The van der Waals surface area contributed by atoms with Crippen molar-refractivity contribution in [2.45, 2.75) is 40.7 Å². The molecule has 2 heteroatoms. The molecule has 0 fully saturated rings. The van der Waals surface area contributed by atoms with Gasteiger partial charge in [0.25, 0.3) is 0 Å². The molecule has 1 heterocycles. The van der Waals surface area contributed by atoms with Gasteiger partial charge in [0.2, 0.25) is 0 Å². The molecule has 0 amide bonds. The molecule has 0 radical (unpaired) electrons. The van der Waals surface area contributed by atoms with E-state index in [-0.39, 0.29) is 0 Å². The van der Waals surface area contributed by atoms with E-state index < -0.39 is 0 Å². The van der Waals surface area contributed by atoms with Crippen molar-refractivity contribution in [2.75, 3.05) is 0 Å². The van der Waals surface area contributed by atoms with Crippen molar-refractivity contribution in [3.63, 3.8) is 0 Å². The minimum absolute atomic E-state index is 0.444. The van der Waals surface area contributed by atoms with E-state index in [1.165, 1.54) is 6.21 Å². The number of aromatic nitrogens is 1. The van der Waals surface area contributed by atoms with E-state index in [2.05, 4.69) is 18.4 Å². The first-order valence-corrected chi connectivity index (χ1v) is 5.54. The average Bonchev–Trinajstić information content (AvgIpc) is 2.64. The van der Waals surface area contributed by atoms with E-state index in [1.54, 1.807) is 0 Å². The first kappa shape index (κ1) is 13.7. The van der Waals surface area contributed by atoms with Crippen LogP contribution in [0, 0.1) is 5.41 Å². The number of hydrogen-bond donors (Lipinski definition) is 1. The molecule has 0 saturated carbocycles. The Hall–Kier alpha value is -1.31. The molecular weight excluding hydrogens is 184 g/mol. The van der Waals surface area contributed by atoms with Crippen molar-refractivity contribution in [2.24, 2.45) is 0 Å². The van der Waals surface area contributed by atoms with Crippen LogP contribution in [0.15, 0.2) is 18.3 Å². The molecule has 0 aromatic carbocycles. The summed E-state index contributed by atoms with van der Waals surface area (Å²) in [6.07, 6.45) is 7.47. The third-order valence-electron chi connectivity index (χ3n) is 2.03. The molecule has 0 bridgehead atoms. The third-order valence-corrected chi connectivity index (χ3v) is 2.03. The lowest BCUT2D eigenvalue weighted by Crippen LogP contribution is -2.01. The molecule has 0 spiro atoms. The van der Waals surface area contributed by atoms with Crippen LogP contribution in [0.4, 0.5) is 0 Å². The summed E-state index contributed by atoms with van der Waals surface area (Å²) in [5.41, 5.74) is 2.10. The minimum Gasteiger partial charge on any atom is -0.345 e. The van der Waals surface area contributed by atoms with E-state index >= 15 is 0 Å². The van der Waals surface area contributed by atoms with E-state index in [9.17, 15) is 0 Å². The van der Waals surface area contributed by atoms with Gasteiger partial charge in [-0.2, -0.15) is 0 Å². The Kier molecular flexibility index (Phi) is 6.43. The Labute approximate surface area is 93.1 Å². The van der Waals surface area contributed by atoms with Gasteiger partial charge in [0.1, 0.15) is 0 Å². The first-order valence-electron chi connectivity index (χ1n) is 5.54. The summed E-state index contributed by atoms with van der Waals surface area (Å²) >= 11 is 0. The highest BCUT2D eigenvalue weighted by Gasteiger charge is 2.05. The Bertz CT molecular complexity index is 319. The molecule has 1 rings (SSSR count). The van der Waals surface area contributed by atoms with Gasteiger partial charge in [0.05, 0.1) is 0 Å². The molecule has 0 unspecified atom stereocenters. The third kappa shape index (κ3) is 3.39. The summed E-state index contributed by atoms with van der Waals surface area (Å²) in [7, 11) is 0. The van der Waals surface area contributed by atoms with E-state index in [0.717, 1.165) is 11.3 Å². The molecule has 1 aromatic heterocycles. The molecule has 1 aromatic rings. The number of nitrogens with zero attached hydrogens (tertiary/aromatic N) is 1. The van der Waals surface area contributed by atoms with Crippen LogP contribution in [-0.2, 0) is 0 Å². The van der Waals surface area contributed by atoms with Crippen LogP contribution in [0.1, 0.15) is 51.9 Å². The Morgan fingerprint density at radius 2 is 1.93 bits per heavy atom. The predicted molar refractivity (Wildman–Crippen MR) is 68.8 cm³/mol. The normalized spacial score (nSPS) is 10.3. The number of allylic oxidation sites excluding steroid dienone is 1. The fourth-order valence-corrected chi connectivity index (χ4v) is 1.39. The van der Waals surface area contributed by atoms with Crippen LogP contribution < -0.4 is 0 Å². The summed E-state index contributed by atoms with van der Waals surface area (Å²) in [5, 5.41) is 7.25. The maximum absolute atomic E-state index is 7.25. The quantitative estimate of drug-likeness (QED) is 0.721. The lowest BCUT2D eigenvalue weighted by Gasteiger charge is -2.10. The van der Waals surface area contributed by atoms with Gasteiger partial charge in [-0.25, -0.2) is 0 Å². The van der Waals surface area contributed by atoms with Crippen LogP contribution in [-0.4, -0.2) is 10.8 Å². The summed E-state index contributed by atoms with van der Waals surface area (Å²) in [4.78, 5) is 0. The highest BCUT2D eigenvalue weighted by molar-refractivity contribution is 5.82. The fraction of sp³-hybridized carbons (Fsp3) is 0.462. The lowest BCUT2D eigenvalue weighted by molar-refractivity contribution is 0.599. The summed E-state index contributed by atoms with van der Waals surface area (Å²) < 4.78 is 2.17. The Morgan fingerprint density at radius 3 is 2.33 bits per heavy atom. The SMILES string of the molecule is C/C=C\c1c(C=N)ccn1C(C)C.CC. The minimum atomic E-state index is 0.444. The lowest BCUT2D eigenvalue weighted by atomic mass is 10.2. The van der Waals surface area contributed by atoms with E-state index in [0.29, 0.717) is 6.04 Å². The summed E-state index contributed by atoms with van der Waals surface area (Å²) in [6.45, 7) is 10.3. The van der Waals surface area contributed by atoms with E-state index in [4.69, 9.17) is 5.41 Å². The molecule has 0 aliphatic heterocycles. The number of nitrogens with one attached hydrogen (secondary N) is 1. The zero-order chi connectivity index (χ0) is 11.8. The second-order valence-electron chi connectivity index (χ2n) is 3.30. The van der Waals surface area contributed by atoms with Crippen molar-refractivity contribution in [1.29, 1.82) is 5.41 Å². The molecule has 0 aliphatic carbocycles. The van der Waals surface area contributed by atoms with Crippen LogP contribution in [0.25, 0.3) is 6.08 Å². The van der Waals surface area contributed by atoms with Gasteiger partial charge in [0.15, 0.2) is 0 Å². The molecule has 15 heavy (non-hydrogen) atoms. The van der Waals surface area contributed by atoms with Crippen molar-refractivity contribution < 1.29 is 0 Å². The zero-order valence-electron chi connectivity index (χ0n) is 10.4. The van der Waals surface area contributed by atoms with Gasteiger partial charge in [-0.1, -0.05) is 19.9 Å². The molecule has 0 saturated heterocycles. The van der Waals surface area contributed by atoms with Gasteiger partial charge in [0, 0.05) is 29.7 Å². The van der Waals surface area contributed by atoms with Crippen molar-refractivity contribution in [3.05, 3.63) is 29.6 Å². The first-order chi connectivity index (χ1) is 7.20. The molecule has 84 valence electrons. The highest BCUT2D eigenvalue weighted by Crippen LogP contribution is 2.16. The maximum Gasteiger partial charge on any atom is 0.0494 e. The highest BCUT2D eigenvalue weighted by atomic mass is 15.0. The average molecular weight is 206 g/mol. The zero-order valence-corrected chi connectivity index (χ0v) is 10.4. The van der Waals surface area contributed by atoms with Gasteiger partial charge in [-0.15, -0.1) is 0 Å². The van der Waals surface area contributed by atoms with Crippen molar-refractivity contribution >= 4 is 12.3 Å². The molecule has 1 N–H and O–H groups in total. The van der Waals surface area contributed by atoms with Crippen LogP contribution in [0.5, 0.6) is 0 Å². The Morgan fingerprint density at radius 1 is 1.33 bits per heavy atom. The van der Waals surface area contributed by atoms with Crippen LogP contribution >= 0.6 is 0 Å². The molecule has 0 aliphatic rings. The molecular formula is C13H22N2. The second-order valence-corrected chi connectivity index (χ2v) is 3.30. The standard InChI is InChI=1S/C11H16N2.C2H6/c1-4-5-11-10(8-12)6-7-13(11)9(2)3;1-2/h4-9,12H,1-3H3;1-2H3/b5-4-,12-8?;. The second kappa shape index (κ2) is 7.04. The maximum atomic E-state index is 7.25. The molecule has 0 atom stereocenters. The topological polar surface area (TPSA) is 28.8 Å². The Balaban J connectivity index is 0.000000921. The molecule has 2 nitrogen and oxygen atoms in total. The smallest absolute Gasteiger partial charge is 0.0494 e. The van der Waals surface area contributed by atoms with E-state index in [1.807, 2.05) is 45.2 Å². The van der Waals surface area contributed by atoms with Gasteiger partial charge >= 0.3 is 0 Å². The summed E-state index contributed by atoms with van der Waals surface area (Å²) in [6, 6.07) is 2.42. The fourth-order valence-electron chi connectivity index (χ4n) is 1.39. The van der Waals surface area contributed by atoms with Crippen LogP contribution in [0.3, 0.4) is 0 Å². The largest absolute Gasteiger partial charge is 0.345 e. The van der Waals surface area contributed by atoms with Gasteiger partial charge in [-0.3, -0.25) is 0 Å². The van der Waals surface area contributed by atoms with Crippen molar-refractivity contribution in [3.8, 4) is 0 Å². The number of rotatable bonds is 3. The van der Waals surface area contributed by atoms with Crippen molar-refractivity contribution in [1.82, 2.24) is 4.57 Å². The number of hydrogen-bond acceptors (Lipinski definition) is 1.